The maximum absolute atomic E-state index is 12.8. The molecule has 0 aliphatic heterocycles. The summed E-state index contributed by atoms with van der Waals surface area (Å²) in [6.45, 7) is 4.39. The first kappa shape index (κ1) is 24.1. The minimum absolute atomic E-state index is 0.139. The van der Waals surface area contributed by atoms with Crippen molar-refractivity contribution in [3.05, 3.63) is 48.0 Å². The van der Waals surface area contributed by atoms with E-state index in [-0.39, 0.29) is 11.7 Å². The summed E-state index contributed by atoms with van der Waals surface area (Å²) >= 11 is 1.42. The third-order valence-electron chi connectivity index (χ3n) is 6.35. The number of nitrogens with zero attached hydrogens (tertiary/aromatic N) is 3. The molecule has 0 unspecified atom stereocenters. The van der Waals surface area contributed by atoms with Gasteiger partial charge in [0.2, 0.25) is 5.91 Å². The van der Waals surface area contributed by atoms with E-state index in [0.717, 1.165) is 23.0 Å². The van der Waals surface area contributed by atoms with Gasteiger partial charge in [-0.25, -0.2) is 0 Å². The van der Waals surface area contributed by atoms with Crippen LogP contribution in [-0.2, 0) is 4.79 Å². The monoisotopic (exact) mass is 480 g/mol. The van der Waals surface area contributed by atoms with Crippen molar-refractivity contribution in [3.8, 4) is 22.9 Å². The van der Waals surface area contributed by atoms with E-state index in [1.165, 1.54) is 36.6 Å². The lowest BCUT2D eigenvalue weighted by molar-refractivity contribution is -0.113. The lowest BCUT2D eigenvalue weighted by Gasteiger charge is -2.31. The van der Waals surface area contributed by atoms with Crippen molar-refractivity contribution in [3.63, 3.8) is 0 Å². The topological polar surface area (TPSA) is 78.3 Å². The van der Waals surface area contributed by atoms with E-state index in [0.29, 0.717) is 29.1 Å². The smallest absolute Gasteiger partial charge is 0.234 e. The number of hydrogen-bond acceptors (Lipinski definition) is 6. The largest absolute Gasteiger partial charge is 0.497 e. The van der Waals surface area contributed by atoms with Crippen LogP contribution in [0.4, 0.5) is 5.69 Å². The number of hydrogen-bond donors (Lipinski definition) is 1. The quantitative estimate of drug-likeness (QED) is 0.414. The van der Waals surface area contributed by atoms with Gasteiger partial charge in [0.15, 0.2) is 11.0 Å². The number of carbonyl (C=O) groups excluding carboxylic acids is 1. The summed E-state index contributed by atoms with van der Waals surface area (Å²) in [5.41, 5.74) is 2.82. The Kier molecular flexibility index (Phi) is 7.77. The minimum Gasteiger partial charge on any atom is -0.497 e. The normalized spacial score (nSPS) is 17.9. The molecule has 0 spiro atoms. The standard InChI is InChI=1S/C26H32N4O3S/c1-17-8-7-10-19(14-17)25-28-29-26(30(25)22-11-6-5-9-18(22)2)34-16-24(31)27-21-15-20(32-3)12-13-23(21)33-4/h7-8,10,12-15,18,22H,5-6,9,11,16H2,1-4H3,(H,27,31)/t18-,22-/m0/s1. The third-order valence-corrected chi connectivity index (χ3v) is 7.29. The molecule has 1 amide bonds. The van der Waals surface area contributed by atoms with Gasteiger partial charge >= 0.3 is 0 Å². The van der Waals surface area contributed by atoms with E-state index in [1.807, 2.05) is 0 Å². The van der Waals surface area contributed by atoms with Crippen LogP contribution in [0.1, 0.15) is 44.2 Å². The van der Waals surface area contributed by atoms with Crippen LogP contribution < -0.4 is 14.8 Å². The van der Waals surface area contributed by atoms with Crippen molar-refractivity contribution >= 4 is 23.4 Å². The maximum Gasteiger partial charge on any atom is 0.234 e. The second-order valence-corrected chi connectivity index (χ2v) is 9.72. The summed E-state index contributed by atoms with van der Waals surface area (Å²) in [7, 11) is 3.17. The number of anilines is 1. The Morgan fingerprint density at radius 1 is 1.12 bits per heavy atom. The fraction of sp³-hybridized carbons (Fsp3) is 0.423. The predicted octanol–water partition coefficient (Wildman–Crippen LogP) is 5.75. The van der Waals surface area contributed by atoms with Gasteiger partial charge in [0.1, 0.15) is 11.5 Å². The predicted molar refractivity (Wildman–Crippen MR) is 136 cm³/mol. The van der Waals surface area contributed by atoms with Gasteiger partial charge in [0.25, 0.3) is 0 Å². The summed E-state index contributed by atoms with van der Waals surface area (Å²) in [5, 5.41) is 12.8. The van der Waals surface area contributed by atoms with Gasteiger partial charge in [-0.15, -0.1) is 10.2 Å². The molecule has 180 valence electrons. The van der Waals surface area contributed by atoms with E-state index < -0.39 is 0 Å². The highest BCUT2D eigenvalue weighted by molar-refractivity contribution is 7.99. The van der Waals surface area contributed by atoms with Crippen molar-refractivity contribution in [1.82, 2.24) is 14.8 Å². The molecule has 0 bridgehead atoms. The molecule has 7 nitrogen and oxygen atoms in total. The zero-order chi connectivity index (χ0) is 24.1. The second kappa shape index (κ2) is 11.0. The number of methoxy groups -OCH3 is 2. The van der Waals surface area contributed by atoms with Gasteiger partial charge in [0, 0.05) is 17.7 Å². The summed E-state index contributed by atoms with van der Waals surface area (Å²) in [5.74, 6) is 2.72. The highest BCUT2D eigenvalue weighted by Gasteiger charge is 2.29. The summed E-state index contributed by atoms with van der Waals surface area (Å²) in [4.78, 5) is 12.8. The van der Waals surface area contributed by atoms with E-state index >= 15 is 0 Å². The van der Waals surface area contributed by atoms with Crippen molar-refractivity contribution in [2.75, 3.05) is 25.3 Å². The van der Waals surface area contributed by atoms with E-state index in [4.69, 9.17) is 9.47 Å². The first-order valence-electron chi connectivity index (χ1n) is 11.7. The summed E-state index contributed by atoms with van der Waals surface area (Å²) in [6, 6.07) is 14.0. The number of aryl methyl sites for hydroxylation is 1. The number of ether oxygens (including phenoxy) is 2. The zero-order valence-electron chi connectivity index (χ0n) is 20.2. The molecule has 1 heterocycles. The Labute approximate surface area is 205 Å². The van der Waals surface area contributed by atoms with Gasteiger partial charge in [-0.05, 0) is 43.9 Å². The molecular weight excluding hydrogens is 448 g/mol. The highest BCUT2D eigenvalue weighted by Crippen LogP contribution is 2.39. The van der Waals surface area contributed by atoms with Gasteiger partial charge in [-0.2, -0.15) is 0 Å². The number of nitrogens with one attached hydrogen (secondary N) is 1. The number of benzene rings is 2. The molecule has 0 radical (unpaired) electrons. The Hall–Kier alpha value is -3.00. The zero-order valence-corrected chi connectivity index (χ0v) is 21.0. The molecule has 1 N–H and O–H groups in total. The number of carbonyl (C=O) groups is 1. The molecule has 1 fully saturated rings. The van der Waals surface area contributed by atoms with E-state index in [1.54, 1.807) is 32.4 Å². The average molecular weight is 481 g/mol. The van der Waals surface area contributed by atoms with Crippen LogP contribution in [0.15, 0.2) is 47.6 Å². The molecule has 34 heavy (non-hydrogen) atoms. The molecule has 0 saturated heterocycles. The van der Waals surface area contributed by atoms with Crippen LogP contribution in [0, 0.1) is 12.8 Å². The van der Waals surface area contributed by atoms with E-state index in [9.17, 15) is 4.79 Å². The van der Waals surface area contributed by atoms with Crippen molar-refractivity contribution in [2.45, 2.75) is 50.7 Å². The molecule has 3 aromatic rings. The Morgan fingerprint density at radius 2 is 1.94 bits per heavy atom. The van der Waals surface area contributed by atoms with Crippen LogP contribution in [0.25, 0.3) is 11.4 Å². The summed E-state index contributed by atoms with van der Waals surface area (Å²) < 4.78 is 12.9. The number of aromatic nitrogens is 3. The summed E-state index contributed by atoms with van der Waals surface area (Å²) in [6.07, 6.45) is 4.74. The third kappa shape index (κ3) is 5.38. The van der Waals surface area contributed by atoms with Crippen molar-refractivity contribution < 1.29 is 14.3 Å². The number of thioether (sulfide) groups is 1. The molecule has 1 aliphatic carbocycles. The van der Waals surface area contributed by atoms with Crippen LogP contribution >= 0.6 is 11.8 Å². The van der Waals surface area contributed by atoms with Crippen molar-refractivity contribution in [2.24, 2.45) is 5.92 Å². The van der Waals surface area contributed by atoms with Gasteiger partial charge in [-0.1, -0.05) is 55.3 Å². The van der Waals surface area contributed by atoms with Crippen LogP contribution in [0.5, 0.6) is 11.5 Å². The molecule has 1 saturated carbocycles. The van der Waals surface area contributed by atoms with Crippen molar-refractivity contribution in [1.29, 1.82) is 0 Å². The van der Waals surface area contributed by atoms with Gasteiger partial charge < -0.3 is 14.8 Å². The number of amides is 1. The highest BCUT2D eigenvalue weighted by atomic mass is 32.2. The Balaban J connectivity index is 1.57. The Bertz CT molecular complexity index is 1150. The molecular formula is C26H32N4O3S. The lowest BCUT2D eigenvalue weighted by Crippen LogP contribution is -2.23. The van der Waals surface area contributed by atoms with E-state index in [2.05, 4.69) is 58.2 Å². The first-order valence-corrected chi connectivity index (χ1v) is 12.7. The fourth-order valence-electron chi connectivity index (χ4n) is 4.56. The fourth-order valence-corrected chi connectivity index (χ4v) is 5.36. The Morgan fingerprint density at radius 3 is 2.68 bits per heavy atom. The first-order chi connectivity index (χ1) is 16.5. The SMILES string of the molecule is COc1ccc(OC)c(NC(=O)CSc2nnc(-c3cccc(C)c3)n2[C@H]2CCCC[C@@H]2C)c1. The molecule has 8 heteroatoms. The average Bonchev–Trinajstić information content (AvgIpc) is 3.26. The minimum atomic E-state index is -0.139. The second-order valence-electron chi connectivity index (χ2n) is 8.78. The van der Waals surface area contributed by atoms with Crippen LogP contribution in [0.2, 0.25) is 0 Å². The molecule has 1 aliphatic rings. The van der Waals surface area contributed by atoms with Gasteiger partial charge in [-0.3, -0.25) is 9.36 Å². The molecule has 2 aromatic carbocycles. The molecule has 2 atom stereocenters. The molecule has 4 rings (SSSR count). The maximum atomic E-state index is 12.8. The van der Waals surface area contributed by atoms with Gasteiger partial charge in [0.05, 0.1) is 25.7 Å². The lowest BCUT2D eigenvalue weighted by atomic mass is 9.85. The van der Waals surface area contributed by atoms with Crippen LogP contribution in [-0.4, -0.2) is 40.6 Å². The molecule has 1 aromatic heterocycles. The number of rotatable bonds is 8. The van der Waals surface area contributed by atoms with Crippen LogP contribution in [0.3, 0.4) is 0 Å².